The summed E-state index contributed by atoms with van der Waals surface area (Å²) < 4.78 is 4.46. The Morgan fingerprint density at radius 3 is 2.94 bits per heavy atom. The Bertz CT molecular complexity index is 768. The molecule has 3 aromatic rings. The summed E-state index contributed by atoms with van der Waals surface area (Å²) in [4.78, 5) is 3.17. The quantitative estimate of drug-likeness (QED) is 0.732. The van der Waals surface area contributed by atoms with Gasteiger partial charge in [-0.05, 0) is 36.5 Å². The summed E-state index contributed by atoms with van der Waals surface area (Å²) in [6, 6.07) is 7.67. The first-order chi connectivity index (χ1) is 8.63. The fraction of sp³-hybridized carbons (Fsp3) is 0.167. The number of aromatic nitrogens is 4. The maximum absolute atomic E-state index is 6.03. The molecule has 0 fully saturated rings. The second-order valence-electron chi connectivity index (χ2n) is 4.16. The van der Waals surface area contributed by atoms with Crippen LogP contribution in [0.4, 0.5) is 0 Å². The highest BCUT2D eigenvalue weighted by atomic mass is 35.5. The number of nitrogens with zero attached hydrogens (tertiary/aromatic N) is 3. The van der Waals surface area contributed by atoms with Gasteiger partial charge in [0.2, 0.25) is 0 Å². The number of nitrogens with one attached hydrogen (secondary N) is 1. The molecule has 6 heteroatoms. The predicted octanol–water partition coefficient (Wildman–Crippen LogP) is 3.13. The van der Waals surface area contributed by atoms with Gasteiger partial charge in [0.1, 0.15) is 0 Å². The van der Waals surface area contributed by atoms with E-state index < -0.39 is 0 Å². The number of hydrogen-bond donors (Lipinski definition) is 1. The highest BCUT2D eigenvalue weighted by Gasteiger charge is 2.07. The lowest BCUT2D eigenvalue weighted by atomic mass is 10.3. The second-order valence-corrected chi connectivity index (χ2v) is 4.98. The summed E-state index contributed by atoms with van der Waals surface area (Å²) in [5, 5.41) is 5.06. The zero-order chi connectivity index (χ0) is 12.7. The average molecular weight is 279 g/mol. The molecule has 92 valence electrons. The molecule has 0 unspecified atom stereocenters. The van der Waals surface area contributed by atoms with Crippen molar-refractivity contribution < 1.29 is 0 Å². The van der Waals surface area contributed by atoms with E-state index >= 15 is 0 Å². The van der Waals surface area contributed by atoms with Gasteiger partial charge in [-0.15, -0.1) is 0 Å². The van der Waals surface area contributed by atoms with E-state index in [9.17, 15) is 0 Å². The summed E-state index contributed by atoms with van der Waals surface area (Å²) in [5.41, 5.74) is 2.95. The highest BCUT2D eigenvalue weighted by molar-refractivity contribution is 7.71. The molecule has 1 N–H and O–H groups in total. The van der Waals surface area contributed by atoms with Crippen molar-refractivity contribution in [1.29, 1.82) is 0 Å². The summed E-state index contributed by atoms with van der Waals surface area (Å²) >= 11 is 11.4. The van der Waals surface area contributed by atoms with E-state index in [2.05, 4.69) is 10.1 Å². The Morgan fingerprint density at radius 2 is 2.22 bits per heavy atom. The highest BCUT2D eigenvalue weighted by Crippen LogP contribution is 2.20. The topological polar surface area (TPSA) is 38.5 Å². The van der Waals surface area contributed by atoms with Gasteiger partial charge in [-0.2, -0.15) is 5.10 Å². The molecule has 2 heterocycles. The largest absolute Gasteiger partial charge is 0.331 e. The van der Waals surface area contributed by atoms with Gasteiger partial charge in [-0.3, -0.25) is 4.68 Å². The van der Waals surface area contributed by atoms with Crippen LogP contribution in [0.2, 0.25) is 5.02 Å². The van der Waals surface area contributed by atoms with Crippen LogP contribution in [-0.4, -0.2) is 19.3 Å². The molecule has 0 spiro atoms. The summed E-state index contributed by atoms with van der Waals surface area (Å²) in [5.74, 6) is 0. The van der Waals surface area contributed by atoms with Gasteiger partial charge in [0, 0.05) is 18.3 Å². The molecule has 0 saturated heterocycles. The first-order valence-corrected chi connectivity index (χ1v) is 6.29. The van der Waals surface area contributed by atoms with E-state index in [0.717, 1.165) is 16.7 Å². The molecule has 0 aliphatic heterocycles. The number of benzene rings is 1. The van der Waals surface area contributed by atoms with Crippen LogP contribution in [0.25, 0.3) is 11.0 Å². The molecular weight excluding hydrogens is 268 g/mol. The van der Waals surface area contributed by atoms with Gasteiger partial charge < -0.3 is 9.55 Å². The number of halogens is 1. The first-order valence-electron chi connectivity index (χ1n) is 5.50. The average Bonchev–Trinajstić information content (AvgIpc) is 2.86. The summed E-state index contributed by atoms with van der Waals surface area (Å²) in [6.07, 6.45) is 1.92. The smallest absolute Gasteiger partial charge is 0.178 e. The Morgan fingerprint density at radius 1 is 1.39 bits per heavy atom. The lowest BCUT2D eigenvalue weighted by Gasteiger charge is -2.02. The van der Waals surface area contributed by atoms with E-state index in [0.29, 0.717) is 16.3 Å². The van der Waals surface area contributed by atoms with Crippen LogP contribution in [0, 0.1) is 4.77 Å². The molecule has 4 nitrogen and oxygen atoms in total. The van der Waals surface area contributed by atoms with Gasteiger partial charge in [0.05, 0.1) is 23.3 Å². The van der Waals surface area contributed by atoms with E-state index in [1.807, 2.05) is 42.1 Å². The van der Waals surface area contributed by atoms with Crippen LogP contribution in [0.1, 0.15) is 5.69 Å². The Hall–Kier alpha value is -1.59. The van der Waals surface area contributed by atoms with Gasteiger partial charge in [0.15, 0.2) is 4.77 Å². The molecule has 0 atom stereocenters. The van der Waals surface area contributed by atoms with Crippen molar-refractivity contribution in [2.24, 2.45) is 7.05 Å². The van der Waals surface area contributed by atoms with Crippen molar-refractivity contribution in [3.05, 3.63) is 45.9 Å². The zero-order valence-electron chi connectivity index (χ0n) is 9.72. The molecular formula is C12H11ClN4S. The van der Waals surface area contributed by atoms with Crippen molar-refractivity contribution in [1.82, 2.24) is 19.3 Å². The van der Waals surface area contributed by atoms with Crippen LogP contribution < -0.4 is 0 Å². The molecule has 0 bridgehead atoms. The minimum absolute atomic E-state index is 0.639. The molecule has 0 aliphatic carbocycles. The fourth-order valence-electron chi connectivity index (χ4n) is 1.99. The first kappa shape index (κ1) is 11.5. The summed E-state index contributed by atoms with van der Waals surface area (Å²) in [6.45, 7) is 0.639. The number of imidazole rings is 1. The maximum atomic E-state index is 6.03. The number of aryl methyl sites for hydroxylation is 1. The normalized spacial score (nSPS) is 11.2. The standard InChI is InChI=1S/C12H11ClN4S/c1-16-5-4-9(15-16)7-17-11-6-8(13)2-3-10(11)14-12(17)18/h2-6H,7H2,1H3,(H,14,18). The van der Waals surface area contributed by atoms with Crippen molar-refractivity contribution in [3.63, 3.8) is 0 Å². The van der Waals surface area contributed by atoms with Gasteiger partial charge in [0.25, 0.3) is 0 Å². The lowest BCUT2D eigenvalue weighted by molar-refractivity contribution is 0.710. The molecule has 0 amide bonds. The maximum Gasteiger partial charge on any atom is 0.178 e. The van der Waals surface area contributed by atoms with Gasteiger partial charge in [-0.1, -0.05) is 11.6 Å². The van der Waals surface area contributed by atoms with Crippen molar-refractivity contribution in [2.75, 3.05) is 0 Å². The van der Waals surface area contributed by atoms with E-state index in [4.69, 9.17) is 23.8 Å². The van der Waals surface area contributed by atoms with E-state index in [1.54, 1.807) is 4.68 Å². The monoisotopic (exact) mass is 278 g/mol. The van der Waals surface area contributed by atoms with Crippen molar-refractivity contribution in [2.45, 2.75) is 6.54 Å². The van der Waals surface area contributed by atoms with Crippen LogP contribution in [0.3, 0.4) is 0 Å². The third kappa shape index (κ3) is 1.95. The molecule has 1 aromatic carbocycles. The number of H-pyrrole nitrogens is 1. The number of rotatable bonds is 2. The molecule has 18 heavy (non-hydrogen) atoms. The summed E-state index contributed by atoms with van der Waals surface area (Å²) in [7, 11) is 1.90. The van der Waals surface area contributed by atoms with Gasteiger partial charge >= 0.3 is 0 Å². The lowest BCUT2D eigenvalue weighted by Crippen LogP contribution is -2.01. The number of aromatic amines is 1. The second kappa shape index (κ2) is 4.26. The minimum atomic E-state index is 0.639. The zero-order valence-corrected chi connectivity index (χ0v) is 11.3. The molecule has 0 aliphatic rings. The van der Waals surface area contributed by atoms with Crippen LogP contribution in [0.15, 0.2) is 30.5 Å². The number of hydrogen-bond acceptors (Lipinski definition) is 2. The van der Waals surface area contributed by atoms with Crippen LogP contribution in [-0.2, 0) is 13.6 Å². The Kier molecular flexibility index (Phi) is 2.72. The molecule has 0 saturated carbocycles. The Labute approximate surface area is 114 Å². The Balaban J connectivity index is 2.13. The van der Waals surface area contributed by atoms with Crippen molar-refractivity contribution >= 4 is 34.9 Å². The predicted molar refractivity (Wildman–Crippen MR) is 74.4 cm³/mol. The third-order valence-electron chi connectivity index (χ3n) is 2.83. The fourth-order valence-corrected chi connectivity index (χ4v) is 2.43. The van der Waals surface area contributed by atoms with Gasteiger partial charge in [-0.25, -0.2) is 0 Å². The van der Waals surface area contributed by atoms with Crippen LogP contribution in [0.5, 0.6) is 0 Å². The molecule has 0 radical (unpaired) electrons. The number of fused-ring (bicyclic) bond motifs is 1. The van der Waals surface area contributed by atoms with E-state index in [-0.39, 0.29) is 0 Å². The molecule has 2 aromatic heterocycles. The van der Waals surface area contributed by atoms with Crippen molar-refractivity contribution in [3.8, 4) is 0 Å². The molecule has 3 rings (SSSR count). The minimum Gasteiger partial charge on any atom is -0.331 e. The SMILES string of the molecule is Cn1ccc(Cn2c(=S)[nH]c3ccc(Cl)cc32)n1. The van der Waals surface area contributed by atoms with E-state index in [1.165, 1.54) is 0 Å². The van der Waals surface area contributed by atoms with Crippen LogP contribution >= 0.6 is 23.8 Å². The third-order valence-corrected chi connectivity index (χ3v) is 3.38.